The fourth-order valence-electron chi connectivity index (χ4n) is 3.22. The second-order valence-corrected chi connectivity index (χ2v) is 6.99. The van der Waals surface area contributed by atoms with Crippen LogP contribution in [0.1, 0.15) is 41.4 Å². The molecule has 0 aromatic heterocycles. The number of benzene rings is 2. The molecular weight excluding hydrogens is 336 g/mol. The molecule has 0 fully saturated rings. The highest BCUT2D eigenvalue weighted by atomic mass is 16.5. The van der Waals surface area contributed by atoms with Gasteiger partial charge in [0.25, 0.3) is 0 Å². The Morgan fingerprint density at radius 3 is 2.46 bits per heavy atom. The Bertz CT molecular complexity index is 926. The van der Waals surface area contributed by atoms with E-state index in [0.717, 1.165) is 0 Å². The van der Waals surface area contributed by atoms with E-state index in [1.807, 2.05) is 13.8 Å². The average Bonchev–Trinajstić information content (AvgIpc) is 2.57. The fraction of sp³-hybridized carbons (Fsp3) is 0.250. The number of hydrogen-bond acceptors (Lipinski definition) is 6. The van der Waals surface area contributed by atoms with Gasteiger partial charge in [-0.2, -0.15) is 0 Å². The average molecular weight is 354 g/mol. The first-order chi connectivity index (χ1) is 12.3. The zero-order chi connectivity index (χ0) is 18.6. The van der Waals surface area contributed by atoms with E-state index >= 15 is 0 Å². The lowest BCUT2D eigenvalue weighted by Gasteiger charge is -2.33. The summed E-state index contributed by atoms with van der Waals surface area (Å²) < 4.78 is 11.7. The molecule has 6 heteroatoms. The number of aromatic hydroxyl groups is 2. The lowest BCUT2D eigenvalue weighted by molar-refractivity contribution is 0.0208. The quantitative estimate of drug-likeness (QED) is 0.729. The minimum absolute atomic E-state index is 0.0563. The minimum Gasteiger partial charge on any atom is -0.508 e. The molecule has 6 nitrogen and oxygen atoms in total. The number of carbonyl (C=O) groups is 1. The van der Waals surface area contributed by atoms with Crippen molar-refractivity contribution in [1.29, 1.82) is 0 Å². The number of ketones is 1. The lowest BCUT2D eigenvalue weighted by atomic mass is 9.90. The van der Waals surface area contributed by atoms with Crippen LogP contribution in [0.4, 0.5) is 0 Å². The minimum atomic E-state index is -1.47. The molecule has 2 aromatic rings. The third kappa shape index (κ3) is 2.50. The molecule has 26 heavy (non-hydrogen) atoms. The van der Waals surface area contributed by atoms with Crippen LogP contribution >= 0.6 is 0 Å². The van der Waals surface area contributed by atoms with Crippen LogP contribution in [0.15, 0.2) is 36.4 Å². The van der Waals surface area contributed by atoms with Gasteiger partial charge in [0, 0.05) is 6.07 Å². The van der Waals surface area contributed by atoms with Gasteiger partial charge in [-0.3, -0.25) is 4.79 Å². The normalized spacial score (nSPS) is 22.8. The molecule has 4 rings (SSSR count). The van der Waals surface area contributed by atoms with Gasteiger partial charge < -0.3 is 24.8 Å². The molecule has 0 saturated carbocycles. The molecule has 0 amide bonds. The standard InChI is InChI=1S/C20H18O6/c1-20(2)8-7-12-13(26-20)9-14-15(16(12)22)17(23)18(24)19(25-14)10-3-5-11(21)6-4-10/h3-9,18-19,21-22,24H,1-2H3/t18-,19+/m1/s1. The van der Waals surface area contributed by atoms with Crippen molar-refractivity contribution in [2.24, 2.45) is 0 Å². The molecule has 0 spiro atoms. The molecule has 0 bridgehead atoms. The predicted octanol–water partition coefficient (Wildman–Crippen LogP) is 2.96. The number of phenols is 2. The Morgan fingerprint density at radius 2 is 1.77 bits per heavy atom. The number of hydrogen-bond donors (Lipinski definition) is 3. The summed E-state index contributed by atoms with van der Waals surface area (Å²) in [7, 11) is 0. The van der Waals surface area contributed by atoms with Crippen LogP contribution in [0.25, 0.3) is 6.08 Å². The summed E-state index contributed by atoms with van der Waals surface area (Å²) >= 11 is 0. The summed E-state index contributed by atoms with van der Waals surface area (Å²) in [5, 5.41) is 30.4. The van der Waals surface area contributed by atoms with Gasteiger partial charge in [0.1, 0.15) is 34.2 Å². The van der Waals surface area contributed by atoms with E-state index in [4.69, 9.17) is 9.47 Å². The van der Waals surface area contributed by atoms with Gasteiger partial charge in [-0.1, -0.05) is 12.1 Å². The Balaban J connectivity index is 1.81. The first-order valence-corrected chi connectivity index (χ1v) is 8.23. The van der Waals surface area contributed by atoms with Crippen molar-refractivity contribution in [1.82, 2.24) is 0 Å². The highest BCUT2D eigenvalue weighted by Crippen LogP contribution is 2.47. The Hall–Kier alpha value is -2.99. The highest BCUT2D eigenvalue weighted by molar-refractivity contribution is 6.06. The second-order valence-electron chi connectivity index (χ2n) is 6.99. The van der Waals surface area contributed by atoms with Crippen molar-refractivity contribution in [2.75, 3.05) is 0 Å². The summed E-state index contributed by atoms with van der Waals surface area (Å²) in [5.74, 6) is -0.261. The monoisotopic (exact) mass is 354 g/mol. The number of carbonyl (C=O) groups excluding carboxylic acids is 1. The summed E-state index contributed by atoms with van der Waals surface area (Å²) in [4.78, 5) is 12.7. The summed E-state index contributed by atoms with van der Waals surface area (Å²) in [6.07, 6.45) is 1.06. The van der Waals surface area contributed by atoms with Crippen LogP contribution in [0.5, 0.6) is 23.0 Å². The van der Waals surface area contributed by atoms with Crippen molar-refractivity contribution in [3.05, 3.63) is 53.1 Å². The first kappa shape index (κ1) is 16.5. The zero-order valence-electron chi connectivity index (χ0n) is 14.3. The molecule has 2 aliphatic rings. The number of phenolic OH excluding ortho intramolecular Hbond substituents is 2. The van der Waals surface area contributed by atoms with Crippen LogP contribution in [-0.2, 0) is 0 Å². The SMILES string of the molecule is CC1(C)C=Cc2c(cc3c(c2O)C(=O)[C@@H](O)[C@H](c2ccc(O)cc2)O3)O1. The number of aliphatic hydroxyl groups is 1. The third-order valence-corrected chi connectivity index (χ3v) is 4.57. The van der Waals surface area contributed by atoms with E-state index in [2.05, 4.69) is 0 Å². The van der Waals surface area contributed by atoms with Crippen molar-refractivity contribution >= 4 is 11.9 Å². The number of Topliss-reactive ketones (excluding diaryl/α,β-unsaturated/α-hetero) is 1. The highest BCUT2D eigenvalue weighted by Gasteiger charge is 2.41. The van der Waals surface area contributed by atoms with Crippen LogP contribution in [-0.4, -0.2) is 32.8 Å². The van der Waals surface area contributed by atoms with Crippen LogP contribution < -0.4 is 9.47 Å². The van der Waals surface area contributed by atoms with Crippen molar-refractivity contribution in [2.45, 2.75) is 31.7 Å². The molecule has 2 aliphatic heterocycles. The Morgan fingerprint density at radius 1 is 1.08 bits per heavy atom. The van der Waals surface area contributed by atoms with E-state index in [9.17, 15) is 20.1 Å². The zero-order valence-corrected chi connectivity index (χ0v) is 14.3. The van der Waals surface area contributed by atoms with Gasteiger partial charge in [0.2, 0.25) is 5.78 Å². The maximum absolute atomic E-state index is 12.7. The molecule has 3 N–H and O–H groups in total. The number of aliphatic hydroxyl groups excluding tert-OH is 1. The van der Waals surface area contributed by atoms with E-state index < -0.39 is 23.6 Å². The molecule has 2 atom stereocenters. The number of fused-ring (bicyclic) bond motifs is 2. The Kier molecular flexibility index (Phi) is 3.49. The summed E-state index contributed by atoms with van der Waals surface area (Å²) in [5.41, 5.74) is 0.310. The molecule has 2 heterocycles. The van der Waals surface area contributed by atoms with E-state index in [0.29, 0.717) is 16.9 Å². The van der Waals surface area contributed by atoms with Gasteiger partial charge in [0.15, 0.2) is 12.2 Å². The van der Waals surface area contributed by atoms with Crippen LogP contribution in [0.2, 0.25) is 0 Å². The molecule has 0 saturated heterocycles. The smallest absolute Gasteiger partial charge is 0.202 e. The predicted molar refractivity (Wildman–Crippen MR) is 93.7 cm³/mol. The maximum Gasteiger partial charge on any atom is 0.202 e. The number of ether oxygens (including phenoxy) is 2. The number of rotatable bonds is 1. The molecule has 2 aromatic carbocycles. The molecule has 0 unspecified atom stereocenters. The fourth-order valence-corrected chi connectivity index (χ4v) is 3.22. The first-order valence-electron chi connectivity index (χ1n) is 8.23. The van der Waals surface area contributed by atoms with Gasteiger partial charge in [-0.15, -0.1) is 0 Å². The maximum atomic E-state index is 12.7. The summed E-state index contributed by atoms with van der Waals surface area (Å²) in [6.45, 7) is 3.75. The second kappa shape index (κ2) is 5.51. The van der Waals surface area contributed by atoms with Crippen LogP contribution in [0.3, 0.4) is 0 Å². The summed E-state index contributed by atoms with van der Waals surface area (Å²) in [6, 6.07) is 7.61. The lowest BCUT2D eigenvalue weighted by Crippen LogP contribution is -2.36. The molecular formula is C20H18O6. The van der Waals surface area contributed by atoms with Crippen molar-refractivity contribution in [3.8, 4) is 23.0 Å². The van der Waals surface area contributed by atoms with E-state index in [-0.39, 0.29) is 22.8 Å². The van der Waals surface area contributed by atoms with Gasteiger partial charge >= 0.3 is 0 Å². The molecule has 0 aliphatic carbocycles. The Labute approximate surface area is 149 Å². The van der Waals surface area contributed by atoms with Gasteiger partial charge in [-0.05, 0) is 43.7 Å². The van der Waals surface area contributed by atoms with Crippen molar-refractivity contribution < 1.29 is 29.6 Å². The van der Waals surface area contributed by atoms with Crippen LogP contribution in [0, 0.1) is 0 Å². The molecule has 0 radical (unpaired) electrons. The largest absolute Gasteiger partial charge is 0.508 e. The third-order valence-electron chi connectivity index (χ3n) is 4.57. The van der Waals surface area contributed by atoms with Gasteiger partial charge in [-0.25, -0.2) is 0 Å². The topological polar surface area (TPSA) is 96.2 Å². The van der Waals surface area contributed by atoms with E-state index in [1.165, 1.54) is 12.1 Å². The van der Waals surface area contributed by atoms with E-state index in [1.54, 1.807) is 30.4 Å². The molecule has 134 valence electrons. The van der Waals surface area contributed by atoms with Gasteiger partial charge in [0.05, 0.1) is 5.56 Å². The van der Waals surface area contributed by atoms with Crippen molar-refractivity contribution in [3.63, 3.8) is 0 Å².